The topological polar surface area (TPSA) is 183 Å². The predicted octanol–water partition coefficient (Wildman–Crippen LogP) is 2.24. The molecule has 4 aromatic rings. The molecule has 12 bridgehead atoms. The van der Waals surface area contributed by atoms with Crippen LogP contribution in [0.1, 0.15) is 51.4 Å². The molecule has 0 saturated carbocycles. The maximum atomic E-state index is 13.4. The number of fused-ring (bicyclic) bond motifs is 12. The van der Waals surface area contributed by atoms with Crippen molar-refractivity contribution in [1.82, 2.24) is 26.2 Å². The van der Waals surface area contributed by atoms with E-state index in [1.54, 1.807) is 11.8 Å². The molecule has 1 aliphatic carbocycles. The predicted molar refractivity (Wildman–Crippen MR) is 224 cm³/mol. The number of hydrogen-bond donors (Lipinski definition) is 4. The summed E-state index contributed by atoms with van der Waals surface area (Å²) in [7, 11) is 0. The summed E-state index contributed by atoms with van der Waals surface area (Å²) in [5.74, 6) is 0.140. The molecule has 0 aromatic heterocycles. The first kappa shape index (κ1) is 42.5. The first-order valence-electron chi connectivity index (χ1n) is 20.6. The molecular weight excluding hydrogens is 783 g/mol. The summed E-state index contributed by atoms with van der Waals surface area (Å²) in [6, 6.07) is 23.3. The fourth-order valence-corrected chi connectivity index (χ4v) is 7.75. The zero-order chi connectivity index (χ0) is 42.6. The Kier molecular flexibility index (Phi) is 14.3. The Hall–Kier alpha value is -6.61. The maximum absolute atomic E-state index is 13.4. The molecule has 4 amide bonds. The number of esters is 1. The van der Waals surface area contributed by atoms with Crippen molar-refractivity contribution in [2.75, 3.05) is 78.8 Å². The minimum absolute atomic E-state index is 0.0207. The van der Waals surface area contributed by atoms with Crippen LogP contribution in [0.5, 0.6) is 23.0 Å². The van der Waals surface area contributed by atoms with E-state index >= 15 is 0 Å². The van der Waals surface area contributed by atoms with Crippen molar-refractivity contribution in [3.63, 3.8) is 0 Å². The number of carbonyl (C=O) groups excluding carboxylic acids is 5. The van der Waals surface area contributed by atoms with E-state index < -0.39 is 5.97 Å². The van der Waals surface area contributed by atoms with Crippen LogP contribution in [-0.2, 0) is 54.4 Å². The number of benzene rings is 4. The third kappa shape index (κ3) is 11.4. The minimum atomic E-state index is -0.412. The van der Waals surface area contributed by atoms with Crippen molar-refractivity contribution in [3.05, 3.63) is 117 Å². The van der Waals surface area contributed by atoms with Crippen LogP contribution in [0.2, 0.25) is 0 Å². The average Bonchev–Trinajstić information content (AvgIpc) is 3.23. The van der Waals surface area contributed by atoms with Crippen LogP contribution < -0.4 is 40.2 Å². The van der Waals surface area contributed by atoms with E-state index in [9.17, 15) is 24.0 Å². The van der Waals surface area contributed by atoms with Gasteiger partial charge in [0.15, 0.2) is 26.4 Å². The molecule has 15 nitrogen and oxygen atoms in total. The molecule has 0 atom stereocenters. The van der Waals surface area contributed by atoms with Crippen LogP contribution in [0, 0.1) is 0 Å². The van der Waals surface area contributed by atoms with E-state index in [-0.39, 0.29) is 89.4 Å². The lowest BCUT2D eigenvalue weighted by Crippen LogP contribution is -2.43. The molecule has 4 aliphatic rings. The molecule has 0 spiro atoms. The van der Waals surface area contributed by atoms with E-state index in [1.807, 2.05) is 72.8 Å². The Bertz CT molecular complexity index is 2030. The Morgan fingerprint density at radius 2 is 0.770 bits per heavy atom. The standard InChI is InChI=1S/C46H51N5O10/c1-2-57-42(56)25-51-19-17-49-40(54)28-60-45-34-11-5-13-36(45)23-32-9-4-10-33-24-37-14-6-12-35(46(37)61-29-41(55)50-18-20-51)22-31-8-3-7-30(21-34)43(31)58-26-38(52)47-15-16-48-39(53)27-59-44(32)33/h3-14H,2,15-29H2,1H3,(H,47,52)(H,48,53)(H,49,54)(H,50,55). The number of nitrogens with zero attached hydrogens (tertiary/aromatic N) is 1. The van der Waals surface area contributed by atoms with Gasteiger partial charge in [0.2, 0.25) is 0 Å². The molecule has 3 aliphatic heterocycles. The quantitative estimate of drug-likeness (QED) is 0.155. The normalized spacial score (nSPS) is 17.0. The molecule has 320 valence electrons. The van der Waals surface area contributed by atoms with Gasteiger partial charge >= 0.3 is 5.97 Å². The van der Waals surface area contributed by atoms with Gasteiger partial charge in [-0.25, -0.2) is 0 Å². The van der Waals surface area contributed by atoms with Gasteiger partial charge in [-0.1, -0.05) is 72.8 Å². The lowest BCUT2D eigenvalue weighted by Gasteiger charge is -2.23. The van der Waals surface area contributed by atoms with Crippen LogP contribution in [0.3, 0.4) is 0 Å². The number of para-hydroxylation sites is 4. The van der Waals surface area contributed by atoms with Crippen molar-refractivity contribution in [1.29, 1.82) is 0 Å². The van der Waals surface area contributed by atoms with Gasteiger partial charge < -0.3 is 45.0 Å². The van der Waals surface area contributed by atoms with Crippen LogP contribution in [0.15, 0.2) is 72.8 Å². The Morgan fingerprint density at radius 1 is 0.492 bits per heavy atom. The summed E-state index contributed by atoms with van der Waals surface area (Å²) >= 11 is 0. The van der Waals surface area contributed by atoms with Crippen molar-refractivity contribution in [2.24, 2.45) is 0 Å². The van der Waals surface area contributed by atoms with E-state index in [0.29, 0.717) is 61.8 Å². The highest BCUT2D eigenvalue weighted by Gasteiger charge is 2.24. The molecule has 15 heteroatoms. The Balaban J connectivity index is 1.39. The molecule has 0 fully saturated rings. The average molecular weight is 834 g/mol. The van der Waals surface area contributed by atoms with Crippen molar-refractivity contribution in [3.8, 4) is 23.0 Å². The molecule has 8 rings (SSSR count). The summed E-state index contributed by atoms with van der Waals surface area (Å²) in [5.41, 5.74) is 6.23. The molecule has 4 aromatic carbocycles. The van der Waals surface area contributed by atoms with Crippen molar-refractivity contribution >= 4 is 29.6 Å². The van der Waals surface area contributed by atoms with Gasteiger partial charge in [-0.15, -0.1) is 0 Å². The van der Waals surface area contributed by atoms with E-state index in [2.05, 4.69) is 21.3 Å². The van der Waals surface area contributed by atoms with Gasteiger partial charge in [0.05, 0.1) is 13.2 Å². The number of nitrogens with one attached hydrogen (secondary N) is 4. The smallest absolute Gasteiger partial charge is 0.320 e. The summed E-state index contributed by atoms with van der Waals surface area (Å²) in [5, 5.41) is 11.4. The fraction of sp³-hybridized carbons (Fsp3) is 0.370. The highest BCUT2D eigenvalue weighted by atomic mass is 16.5. The lowest BCUT2D eigenvalue weighted by atomic mass is 9.91. The molecular formula is C46H51N5O10. The summed E-state index contributed by atoms with van der Waals surface area (Å²) in [6.07, 6.45) is 1.29. The molecule has 3 heterocycles. The molecule has 0 radical (unpaired) electrons. The Morgan fingerprint density at radius 3 is 1.05 bits per heavy atom. The second-order valence-corrected chi connectivity index (χ2v) is 15.0. The van der Waals surface area contributed by atoms with Crippen molar-refractivity contribution < 1.29 is 47.7 Å². The largest absolute Gasteiger partial charge is 0.483 e. The van der Waals surface area contributed by atoms with Crippen LogP contribution >= 0.6 is 0 Å². The minimum Gasteiger partial charge on any atom is -0.483 e. The van der Waals surface area contributed by atoms with Crippen LogP contribution in [0.4, 0.5) is 0 Å². The van der Waals surface area contributed by atoms with Gasteiger partial charge in [-0.2, -0.15) is 0 Å². The van der Waals surface area contributed by atoms with Gasteiger partial charge in [0.1, 0.15) is 23.0 Å². The first-order chi connectivity index (χ1) is 29.7. The fourth-order valence-electron chi connectivity index (χ4n) is 7.75. The van der Waals surface area contributed by atoms with E-state index in [0.717, 1.165) is 44.5 Å². The highest BCUT2D eigenvalue weighted by molar-refractivity contribution is 5.80. The molecule has 61 heavy (non-hydrogen) atoms. The third-order valence-corrected chi connectivity index (χ3v) is 10.6. The number of carbonyl (C=O) groups is 5. The van der Waals surface area contributed by atoms with Crippen LogP contribution in [0.25, 0.3) is 0 Å². The van der Waals surface area contributed by atoms with Gasteiger partial charge in [-0.3, -0.25) is 28.9 Å². The zero-order valence-electron chi connectivity index (χ0n) is 34.3. The van der Waals surface area contributed by atoms with Crippen LogP contribution in [-0.4, -0.2) is 113 Å². The second-order valence-electron chi connectivity index (χ2n) is 15.0. The zero-order valence-corrected chi connectivity index (χ0v) is 34.3. The van der Waals surface area contributed by atoms with Crippen molar-refractivity contribution in [2.45, 2.75) is 32.6 Å². The summed E-state index contributed by atoms with van der Waals surface area (Å²) < 4.78 is 30.9. The monoisotopic (exact) mass is 833 g/mol. The van der Waals surface area contributed by atoms with Gasteiger partial charge in [0.25, 0.3) is 23.6 Å². The van der Waals surface area contributed by atoms with Gasteiger partial charge in [-0.05, 0) is 51.4 Å². The summed E-state index contributed by atoms with van der Waals surface area (Å²) in [6.45, 7) is 2.17. The first-order valence-corrected chi connectivity index (χ1v) is 20.6. The number of rotatable bonds is 3. The van der Waals surface area contributed by atoms with E-state index in [1.165, 1.54) is 0 Å². The Labute approximate surface area is 354 Å². The lowest BCUT2D eigenvalue weighted by molar-refractivity contribution is -0.144. The molecule has 4 N–H and O–H groups in total. The molecule has 0 unspecified atom stereocenters. The van der Waals surface area contributed by atoms with Gasteiger partial charge in [0, 0.05) is 65.0 Å². The third-order valence-electron chi connectivity index (χ3n) is 10.6. The maximum Gasteiger partial charge on any atom is 0.320 e. The van der Waals surface area contributed by atoms with E-state index in [4.69, 9.17) is 23.7 Å². The number of hydrogen-bond acceptors (Lipinski definition) is 11. The number of ether oxygens (including phenoxy) is 5. The highest BCUT2D eigenvalue weighted by Crippen LogP contribution is 2.39. The summed E-state index contributed by atoms with van der Waals surface area (Å²) in [4.78, 5) is 67.4. The number of amides is 4. The molecule has 0 saturated heterocycles. The SMILES string of the molecule is CCOC(=O)CN1CCNC(=O)COc2c3cccc2Cc2cccc4c2OCC(=O)NCCNC(=O)COc2c(cccc2Cc2cccc(c2OCC(=O)NCC1)C4)C3. The second kappa shape index (κ2) is 20.6.